The predicted molar refractivity (Wildman–Crippen MR) is 71.3 cm³/mol. The van der Waals surface area contributed by atoms with Crippen molar-refractivity contribution in [2.24, 2.45) is 5.92 Å². The van der Waals surface area contributed by atoms with Crippen LogP contribution >= 0.6 is 0 Å². The van der Waals surface area contributed by atoms with Crippen molar-refractivity contribution in [3.8, 4) is 0 Å². The number of pyridine rings is 1. The summed E-state index contributed by atoms with van der Waals surface area (Å²) in [5, 5.41) is 10.5. The highest BCUT2D eigenvalue weighted by atomic mass is 16.5. The Morgan fingerprint density at radius 3 is 2.67 bits per heavy atom. The fourth-order valence-electron chi connectivity index (χ4n) is 3.00. The van der Waals surface area contributed by atoms with E-state index in [4.69, 9.17) is 4.74 Å². The molecule has 1 aliphatic rings. The predicted octanol–water partition coefficient (Wildman–Crippen LogP) is 3.02. The molecule has 0 amide bonds. The van der Waals surface area contributed by atoms with Crippen molar-refractivity contribution in [1.82, 2.24) is 4.98 Å². The van der Waals surface area contributed by atoms with Gasteiger partial charge in [0.15, 0.2) is 0 Å². The highest BCUT2D eigenvalue weighted by Gasteiger charge is 2.31. The third kappa shape index (κ3) is 2.90. The van der Waals surface area contributed by atoms with Crippen LogP contribution in [0, 0.1) is 12.8 Å². The van der Waals surface area contributed by atoms with Gasteiger partial charge in [-0.25, -0.2) is 0 Å². The molecule has 1 saturated carbocycles. The van der Waals surface area contributed by atoms with Gasteiger partial charge in [0.2, 0.25) is 0 Å². The molecular formula is C15H23NO2. The molecule has 0 spiro atoms. The van der Waals surface area contributed by atoms with Crippen molar-refractivity contribution in [3.05, 3.63) is 29.6 Å². The van der Waals surface area contributed by atoms with Crippen molar-refractivity contribution in [2.75, 3.05) is 7.11 Å². The van der Waals surface area contributed by atoms with Crippen molar-refractivity contribution >= 4 is 0 Å². The van der Waals surface area contributed by atoms with Gasteiger partial charge in [-0.2, -0.15) is 0 Å². The summed E-state index contributed by atoms with van der Waals surface area (Å²) in [7, 11) is 1.70. The lowest BCUT2D eigenvalue weighted by Gasteiger charge is -2.32. The van der Waals surface area contributed by atoms with Crippen molar-refractivity contribution in [1.29, 1.82) is 0 Å². The average Bonchev–Trinajstić information content (AvgIpc) is 2.41. The normalized spacial score (nSPS) is 20.6. The van der Waals surface area contributed by atoms with Gasteiger partial charge in [-0.05, 0) is 37.3 Å². The lowest BCUT2D eigenvalue weighted by Crippen LogP contribution is -2.31. The van der Waals surface area contributed by atoms with E-state index in [9.17, 15) is 5.11 Å². The molecule has 0 aliphatic heterocycles. The summed E-state index contributed by atoms with van der Waals surface area (Å²) in [6, 6.07) is 1.94. The molecule has 1 heterocycles. The van der Waals surface area contributed by atoms with Gasteiger partial charge in [-0.3, -0.25) is 4.98 Å². The molecular weight excluding hydrogens is 226 g/mol. The van der Waals surface area contributed by atoms with Crippen LogP contribution in [0.1, 0.15) is 49.3 Å². The molecule has 2 atom stereocenters. The van der Waals surface area contributed by atoms with Gasteiger partial charge in [-0.15, -0.1) is 0 Å². The summed E-state index contributed by atoms with van der Waals surface area (Å²) < 4.78 is 5.58. The van der Waals surface area contributed by atoms with E-state index in [1.165, 1.54) is 19.3 Å². The van der Waals surface area contributed by atoms with E-state index < -0.39 is 6.10 Å². The Hall–Kier alpha value is -0.930. The number of nitrogens with zero attached hydrogens (tertiary/aromatic N) is 1. The molecule has 100 valence electrons. The van der Waals surface area contributed by atoms with Crippen molar-refractivity contribution in [2.45, 2.75) is 51.2 Å². The first kappa shape index (κ1) is 13.5. The van der Waals surface area contributed by atoms with Gasteiger partial charge in [0, 0.05) is 25.1 Å². The quantitative estimate of drug-likeness (QED) is 0.892. The monoisotopic (exact) mass is 249 g/mol. The zero-order valence-corrected chi connectivity index (χ0v) is 11.3. The number of aliphatic hydroxyl groups is 1. The summed E-state index contributed by atoms with van der Waals surface area (Å²) in [5.74, 6) is 0.471. The van der Waals surface area contributed by atoms with Gasteiger partial charge < -0.3 is 9.84 Å². The number of hydrogen-bond acceptors (Lipinski definition) is 3. The Kier molecular flexibility index (Phi) is 4.72. The fraction of sp³-hybridized carbons (Fsp3) is 0.667. The van der Waals surface area contributed by atoms with Crippen molar-refractivity contribution in [3.63, 3.8) is 0 Å². The van der Waals surface area contributed by atoms with E-state index in [1.54, 1.807) is 19.5 Å². The standard InChI is InChI=1S/C15H23NO2/c1-11-8-9-16-10-13(11)14(17)15(18-2)12-6-4-3-5-7-12/h8-10,12,14-15,17H,3-7H2,1-2H3. The molecule has 2 rings (SSSR count). The molecule has 0 bridgehead atoms. The molecule has 1 aliphatic carbocycles. The lowest BCUT2D eigenvalue weighted by molar-refractivity contribution is -0.0562. The van der Waals surface area contributed by atoms with Gasteiger partial charge in [-0.1, -0.05) is 19.3 Å². The molecule has 1 aromatic heterocycles. The first-order valence-corrected chi connectivity index (χ1v) is 6.85. The smallest absolute Gasteiger partial charge is 0.107 e. The number of ether oxygens (including phenoxy) is 1. The molecule has 0 saturated heterocycles. The summed E-state index contributed by atoms with van der Waals surface area (Å²) in [4.78, 5) is 4.11. The number of methoxy groups -OCH3 is 1. The van der Waals surface area contributed by atoms with Crippen molar-refractivity contribution < 1.29 is 9.84 Å². The second kappa shape index (κ2) is 6.30. The van der Waals surface area contributed by atoms with Crippen LogP contribution in [0.3, 0.4) is 0 Å². The van der Waals surface area contributed by atoms with E-state index in [2.05, 4.69) is 4.98 Å². The second-order valence-corrected chi connectivity index (χ2v) is 5.28. The minimum atomic E-state index is -0.563. The number of aliphatic hydroxyl groups excluding tert-OH is 1. The van der Waals surface area contributed by atoms with Crippen LogP contribution in [0.5, 0.6) is 0 Å². The number of aromatic nitrogens is 1. The van der Waals surface area contributed by atoms with E-state index in [0.717, 1.165) is 24.0 Å². The lowest BCUT2D eigenvalue weighted by atomic mass is 9.81. The molecule has 3 nitrogen and oxygen atoms in total. The second-order valence-electron chi connectivity index (χ2n) is 5.28. The first-order valence-electron chi connectivity index (χ1n) is 6.85. The van der Waals surface area contributed by atoms with Gasteiger partial charge >= 0.3 is 0 Å². The molecule has 1 fully saturated rings. The largest absolute Gasteiger partial charge is 0.386 e. The van der Waals surface area contributed by atoms with Crippen LogP contribution < -0.4 is 0 Å². The Labute approximate surface area is 109 Å². The Balaban J connectivity index is 2.14. The number of aryl methyl sites for hydroxylation is 1. The van der Waals surface area contributed by atoms with Crippen LogP contribution in [-0.2, 0) is 4.74 Å². The molecule has 0 aromatic carbocycles. The number of hydrogen-bond donors (Lipinski definition) is 1. The molecule has 1 N–H and O–H groups in total. The van der Waals surface area contributed by atoms with E-state index in [0.29, 0.717) is 5.92 Å². The Bertz CT molecular complexity index is 375. The fourth-order valence-corrected chi connectivity index (χ4v) is 3.00. The first-order chi connectivity index (χ1) is 8.74. The number of rotatable bonds is 4. The van der Waals surface area contributed by atoms with E-state index in [1.807, 2.05) is 13.0 Å². The zero-order chi connectivity index (χ0) is 13.0. The van der Waals surface area contributed by atoms with Crippen LogP contribution in [0.25, 0.3) is 0 Å². The van der Waals surface area contributed by atoms with Crippen LogP contribution in [0.4, 0.5) is 0 Å². The maximum Gasteiger partial charge on any atom is 0.107 e. The Morgan fingerprint density at radius 1 is 1.33 bits per heavy atom. The van der Waals surface area contributed by atoms with Crippen LogP contribution in [0.2, 0.25) is 0 Å². The third-order valence-corrected chi connectivity index (χ3v) is 4.10. The average molecular weight is 249 g/mol. The summed E-state index contributed by atoms with van der Waals surface area (Å²) in [5.41, 5.74) is 1.98. The minimum Gasteiger partial charge on any atom is -0.386 e. The zero-order valence-electron chi connectivity index (χ0n) is 11.3. The van der Waals surface area contributed by atoms with Gasteiger partial charge in [0.05, 0.1) is 6.10 Å². The summed E-state index contributed by atoms with van der Waals surface area (Å²) in [6.45, 7) is 2.01. The molecule has 2 unspecified atom stereocenters. The summed E-state index contributed by atoms with van der Waals surface area (Å²) >= 11 is 0. The van der Waals surface area contributed by atoms with Crippen LogP contribution in [0.15, 0.2) is 18.5 Å². The molecule has 18 heavy (non-hydrogen) atoms. The van der Waals surface area contributed by atoms with Gasteiger partial charge in [0.1, 0.15) is 6.10 Å². The third-order valence-electron chi connectivity index (χ3n) is 4.10. The van der Waals surface area contributed by atoms with E-state index >= 15 is 0 Å². The molecule has 3 heteroatoms. The maximum atomic E-state index is 10.5. The topological polar surface area (TPSA) is 42.4 Å². The van der Waals surface area contributed by atoms with Gasteiger partial charge in [0.25, 0.3) is 0 Å². The van der Waals surface area contributed by atoms with Crippen LogP contribution in [-0.4, -0.2) is 23.3 Å². The highest BCUT2D eigenvalue weighted by Crippen LogP contribution is 2.34. The molecule has 1 aromatic rings. The maximum absolute atomic E-state index is 10.5. The minimum absolute atomic E-state index is 0.104. The summed E-state index contributed by atoms with van der Waals surface area (Å²) in [6.07, 6.45) is 8.99. The van der Waals surface area contributed by atoms with E-state index in [-0.39, 0.29) is 6.10 Å². The highest BCUT2D eigenvalue weighted by molar-refractivity contribution is 5.24. The molecule has 0 radical (unpaired) electrons. The SMILES string of the molecule is COC(C1CCCCC1)C(O)c1cnccc1C. The Morgan fingerprint density at radius 2 is 2.06 bits per heavy atom.